The Kier molecular flexibility index (Phi) is 5.38. The molecule has 1 atom stereocenters. The highest BCUT2D eigenvalue weighted by atomic mass is 19.1. The third kappa shape index (κ3) is 5.21. The molecule has 3 N–H and O–H groups in total. The Hall–Kier alpha value is -0.840. The summed E-state index contributed by atoms with van der Waals surface area (Å²) in [5.74, 6) is 0.0479. The number of alkyl halides is 1. The number of ether oxygens (including phenoxy) is 1. The molecule has 18 heavy (non-hydrogen) atoms. The molecule has 0 heterocycles. The zero-order valence-electron chi connectivity index (χ0n) is 11.5. The van der Waals surface area contributed by atoms with Crippen LogP contribution in [-0.2, 0) is 4.74 Å². The first kappa shape index (κ1) is 15.2. The van der Waals surface area contributed by atoms with Gasteiger partial charge in [-0.3, -0.25) is 0 Å². The van der Waals surface area contributed by atoms with Crippen molar-refractivity contribution in [2.24, 2.45) is 11.7 Å². The summed E-state index contributed by atoms with van der Waals surface area (Å²) in [6.07, 6.45) is 1.85. The maximum atomic E-state index is 13.4. The van der Waals surface area contributed by atoms with Gasteiger partial charge < -0.3 is 15.8 Å². The van der Waals surface area contributed by atoms with Crippen molar-refractivity contribution in [1.29, 1.82) is 0 Å². The van der Waals surface area contributed by atoms with E-state index in [0.29, 0.717) is 0 Å². The molecule has 0 aliphatic heterocycles. The van der Waals surface area contributed by atoms with E-state index in [0.717, 1.165) is 25.7 Å². The smallest absolute Gasteiger partial charge is 0.407 e. The predicted octanol–water partition coefficient (Wildman–Crippen LogP) is 2.37. The Morgan fingerprint density at radius 2 is 1.94 bits per heavy atom. The Bertz CT molecular complexity index is 271. The van der Waals surface area contributed by atoms with Crippen LogP contribution in [0.25, 0.3) is 0 Å². The van der Waals surface area contributed by atoms with Gasteiger partial charge in [0.2, 0.25) is 0 Å². The van der Waals surface area contributed by atoms with Crippen LogP contribution in [0.4, 0.5) is 9.18 Å². The van der Waals surface area contributed by atoms with E-state index in [4.69, 9.17) is 10.5 Å². The molecule has 0 aromatic heterocycles. The molecule has 1 amide bonds. The number of carbonyl (C=O) groups excluding carboxylic acids is 1. The van der Waals surface area contributed by atoms with Gasteiger partial charge in [-0.05, 0) is 52.4 Å². The van der Waals surface area contributed by atoms with Crippen molar-refractivity contribution in [1.82, 2.24) is 5.32 Å². The summed E-state index contributed by atoms with van der Waals surface area (Å²) in [4.78, 5) is 11.6. The zero-order chi connectivity index (χ0) is 13.8. The van der Waals surface area contributed by atoms with Crippen LogP contribution in [0.2, 0.25) is 0 Å². The van der Waals surface area contributed by atoms with Gasteiger partial charge in [0.1, 0.15) is 11.8 Å². The van der Waals surface area contributed by atoms with Crippen LogP contribution in [0.5, 0.6) is 0 Å². The van der Waals surface area contributed by atoms with Gasteiger partial charge in [0, 0.05) is 12.6 Å². The fourth-order valence-electron chi connectivity index (χ4n) is 2.29. The minimum Gasteiger partial charge on any atom is -0.444 e. The van der Waals surface area contributed by atoms with Crippen LogP contribution in [0.1, 0.15) is 46.5 Å². The Labute approximate surface area is 108 Å². The Morgan fingerprint density at radius 1 is 1.39 bits per heavy atom. The lowest BCUT2D eigenvalue weighted by Crippen LogP contribution is -2.42. The second kappa shape index (κ2) is 6.36. The Balaban J connectivity index is 2.29. The molecular weight excluding hydrogens is 235 g/mol. The van der Waals surface area contributed by atoms with Crippen LogP contribution in [-0.4, -0.2) is 30.5 Å². The molecule has 0 bridgehead atoms. The monoisotopic (exact) mass is 260 g/mol. The fraction of sp³-hybridized carbons (Fsp3) is 0.923. The van der Waals surface area contributed by atoms with Crippen molar-refractivity contribution in [2.75, 3.05) is 6.54 Å². The highest BCUT2D eigenvalue weighted by Gasteiger charge is 2.28. The number of rotatable bonds is 3. The second-order valence-corrected chi connectivity index (χ2v) is 6.01. The summed E-state index contributed by atoms with van der Waals surface area (Å²) in [5, 5.41) is 2.84. The van der Waals surface area contributed by atoms with Crippen LogP contribution in [0, 0.1) is 5.92 Å². The first-order valence-electron chi connectivity index (χ1n) is 6.65. The summed E-state index contributed by atoms with van der Waals surface area (Å²) in [5.41, 5.74) is 4.84. The van der Waals surface area contributed by atoms with E-state index in [-0.39, 0.29) is 24.6 Å². The fourth-order valence-corrected chi connectivity index (χ4v) is 2.29. The molecule has 1 aliphatic rings. The van der Waals surface area contributed by atoms with Crippen molar-refractivity contribution in [3.05, 3.63) is 0 Å². The zero-order valence-corrected chi connectivity index (χ0v) is 11.5. The average Bonchev–Trinajstić information content (AvgIpc) is 2.26. The SMILES string of the molecule is CC(C)(C)OC(=O)NC1CCC(C(F)CN)CC1. The van der Waals surface area contributed by atoms with E-state index < -0.39 is 11.8 Å². The number of carbonyl (C=O) groups is 1. The maximum Gasteiger partial charge on any atom is 0.407 e. The summed E-state index contributed by atoms with van der Waals surface area (Å²) >= 11 is 0. The summed E-state index contributed by atoms with van der Waals surface area (Å²) < 4.78 is 18.6. The highest BCUT2D eigenvalue weighted by Crippen LogP contribution is 2.28. The molecule has 1 fully saturated rings. The van der Waals surface area contributed by atoms with Crippen molar-refractivity contribution in [3.8, 4) is 0 Å². The number of hydrogen-bond acceptors (Lipinski definition) is 3. The van der Waals surface area contributed by atoms with Gasteiger partial charge in [0.05, 0.1) is 0 Å². The predicted molar refractivity (Wildman–Crippen MR) is 69.1 cm³/mol. The Morgan fingerprint density at radius 3 is 2.39 bits per heavy atom. The van der Waals surface area contributed by atoms with Crippen LogP contribution in [0.15, 0.2) is 0 Å². The molecule has 5 heteroatoms. The molecule has 0 aromatic rings. The molecule has 4 nitrogen and oxygen atoms in total. The molecule has 0 radical (unpaired) electrons. The van der Waals surface area contributed by atoms with Gasteiger partial charge in [-0.2, -0.15) is 0 Å². The number of amides is 1. The number of alkyl carbamates (subject to hydrolysis) is 1. The number of halogens is 1. The lowest BCUT2D eigenvalue weighted by atomic mass is 9.83. The topological polar surface area (TPSA) is 64.3 Å². The van der Waals surface area contributed by atoms with E-state index in [1.54, 1.807) is 0 Å². The van der Waals surface area contributed by atoms with E-state index in [9.17, 15) is 9.18 Å². The standard InChI is InChI=1S/C13H25FN2O2/c1-13(2,3)18-12(17)16-10-6-4-9(5-7-10)11(14)8-15/h9-11H,4-8,15H2,1-3H3,(H,16,17). The van der Waals surface area contributed by atoms with Crippen molar-refractivity contribution < 1.29 is 13.9 Å². The van der Waals surface area contributed by atoms with Gasteiger partial charge in [0.25, 0.3) is 0 Å². The minimum absolute atomic E-state index is 0.0479. The lowest BCUT2D eigenvalue weighted by Gasteiger charge is -2.31. The largest absolute Gasteiger partial charge is 0.444 e. The number of hydrogen-bond donors (Lipinski definition) is 2. The molecule has 106 valence electrons. The van der Waals surface area contributed by atoms with Gasteiger partial charge in [0.15, 0.2) is 0 Å². The third-order valence-corrected chi connectivity index (χ3v) is 3.23. The lowest BCUT2D eigenvalue weighted by molar-refractivity contribution is 0.0480. The van der Waals surface area contributed by atoms with Gasteiger partial charge in [-0.15, -0.1) is 0 Å². The second-order valence-electron chi connectivity index (χ2n) is 6.01. The molecule has 1 unspecified atom stereocenters. The van der Waals surface area contributed by atoms with Crippen molar-refractivity contribution >= 4 is 6.09 Å². The third-order valence-electron chi connectivity index (χ3n) is 3.23. The van der Waals surface area contributed by atoms with Crippen molar-refractivity contribution in [3.63, 3.8) is 0 Å². The first-order valence-corrected chi connectivity index (χ1v) is 6.65. The van der Waals surface area contributed by atoms with E-state index in [1.807, 2.05) is 20.8 Å². The molecule has 1 rings (SSSR count). The van der Waals surface area contributed by atoms with E-state index >= 15 is 0 Å². The molecule has 0 spiro atoms. The summed E-state index contributed by atoms with van der Waals surface area (Å²) in [6.45, 7) is 5.59. The molecule has 0 aromatic carbocycles. The van der Waals surface area contributed by atoms with Gasteiger partial charge in [-0.25, -0.2) is 9.18 Å². The van der Waals surface area contributed by atoms with Gasteiger partial charge in [-0.1, -0.05) is 0 Å². The van der Waals surface area contributed by atoms with Crippen LogP contribution < -0.4 is 11.1 Å². The van der Waals surface area contributed by atoms with Crippen molar-refractivity contribution in [2.45, 2.75) is 64.3 Å². The summed E-state index contributed by atoms with van der Waals surface area (Å²) in [7, 11) is 0. The number of nitrogens with two attached hydrogens (primary N) is 1. The highest BCUT2D eigenvalue weighted by molar-refractivity contribution is 5.68. The minimum atomic E-state index is -0.910. The maximum absolute atomic E-state index is 13.4. The normalized spacial score (nSPS) is 26.5. The molecule has 1 aliphatic carbocycles. The molecule has 0 saturated heterocycles. The number of nitrogens with one attached hydrogen (secondary N) is 1. The van der Waals surface area contributed by atoms with E-state index in [1.165, 1.54) is 0 Å². The summed E-state index contributed by atoms with van der Waals surface area (Å²) in [6, 6.07) is 0.0982. The van der Waals surface area contributed by atoms with E-state index in [2.05, 4.69) is 5.32 Å². The molecular formula is C13H25FN2O2. The van der Waals surface area contributed by atoms with Crippen LogP contribution >= 0.6 is 0 Å². The van der Waals surface area contributed by atoms with Crippen LogP contribution in [0.3, 0.4) is 0 Å². The average molecular weight is 260 g/mol. The van der Waals surface area contributed by atoms with Gasteiger partial charge >= 0.3 is 6.09 Å². The quantitative estimate of drug-likeness (QED) is 0.818. The molecule has 1 saturated carbocycles. The first-order chi connectivity index (χ1) is 8.31.